The van der Waals surface area contributed by atoms with E-state index >= 15 is 4.39 Å². The number of alkyl carbamates (subject to hydrolysis) is 1. The molecule has 1 aromatic carbocycles. The number of nitrogens with one attached hydrogen (secondary N) is 2. The van der Waals surface area contributed by atoms with Crippen LogP contribution < -0.4 is 15.5 Å². The van der Waals surface area contributed by atoms with Gasteiger partial charge in [-0.2, -0.15) is 0 Å². The van der Waals surface area contributed by atoms with Crippen molar-refractivity contribution in [1.29, 1.82) is 0 Å². The molecule has 2 aromatic heterocycles. The highest BCUT2D eigenvalue weighted by Crippen LogP contribution is 2.48. The number of nitrogens with zero attached hydrogens (tertiary/aromatic N) is 3. The predicted molar refractivity (Wildman–Crippen MR) is 228 cm³/mol. The fraction of sp³-hybridized carbons (Fsp3) is 0.581. The van der Waals surface area contributed by atoms with Crippen LogP contribution in [0.3, 0.4) is 0 Å². The molecule has 2 unspecified atom stereocenters. The number of anilines is 2. The van der Waals surface area contributed by atoms with Crippen molar-refractivity contribution < 1.29 is 36.3 Å². The molecule has 1 saturated heterocycles. The van der Waals surface area contributed by atoms with Crippen molar-refractivity contribution in [1.82, 2.24) is 15.3 Å². The molecule has 1 fully saturated rings. The molecule has 0 bridgehead atoms. The zero-order valence-electron chi connectivity index (χ0n) is 36.6. The van der Waals surface area contributed by atoms with Crippen molar-refractivity contribution in [3.63, 3.8) is 0 Å². The Bertz CT molecular complexity index is 2010. The quantitative estimate of drug-likeness (QED) is 0.205. The molecule has 5 rings (SSSR count). The number of aromatic nitrogens is 2. The van der Waals surface area contributed by atoms with Crippen molar-refractivity contribution in [2.24, 2.45) is 5.92 Å². The molecule has 2 aliphatic rings. The Kier molecular flexibility index (Phi) is 12.8. The maximum absolute atomic E-state index is 15.0. The van der Waals surface area contributed by atoms with Crippen molar-refractivity contribution in [2.75, 3.05) is 23.3 Å². The van der Waals surface area contributed by atoms with Gasteiger partial charge < -0.3 is 29.1 Å². The summed E-state index contributed by atoms with van der Waals surface area (Å²) in [7, 11) is -4.54. The van der Waals surface area contributed by atoms with Gasteiger partial charge in [-0.3, -0.25) is 9.78 Å². The van der Waals surface area contributed by atoms with Crippen molar-refractivity contribution in [3.05, 3.63) is 70.9 Å². The van der Waals surface area contributed by atoms with Gasteiger partial charge >= 0.3 is 6.09 Å². The summed E-state index contributed by atoms with van der Waals surface area (Å²) in [6, 6.07) is 4.81. The van der Waals surface area contributed by atoms with Gasteiger partial charge in [-0.05, 0) is 94.1 Å². The second kappa shape index (κ2) is 16.3. The highest BCUT2D eigenvalue weighted by atomic mass is 28.4. The molecule has 0 radical (unpaired) electrons. The first-order valence-electron chi connectivity index (χ1n) is 20.1. The van der Waals surface area contributed by atoms with Crippen LogP contribution in [0.25, 0.3) is 11.3 Å². The van der Waals surface area contributed by atoms with Crippen LogP contribution >= 0.6 is 0 Å². The molecule has 3 aromatic rings. The van der Waals surface area contributed by atoms with Crippen molar-refractivity contribution in [2.45, 2.75) is 142 Å². The summed E-state index contributed by atoms with van der Waals surface area (Å²) in [5, 5.41) is 5.97. The monoisotopic (exact) mass is 841 g/mol. The smallest absolute Gasteiger partial charge is 0.408 e. The van der Waals surface area contributed by atoms with Gasteiger partial charge in [0, 0.05) is 24.6 Å². The fourth-order valence-corrected chi connectivity index (χ4v) is 9.72. The lowest BCUT2D eigenvalue weighted by Crippen LogP contribution is -2.63. The van der Waals surface area contributed by atoms with Gasteiger partial charge in [0.05, 0.1) is 47.1 Å². The predicted octanol–water partition coefficient (Wildman–Crippen LogP) is 10.6. The normalized spacial score (nSPS) is 20.5. The molecule has 318 valence electrons. The SMILES string of the molecule is C[C@H]1CN(c2c(NC(=O)c3ccc(F)c(-c4c(F)cccc4F)n3)cnc3c2CCC3O[Si](C)(C)C(C)(C)C)C[C@@H](NC(=O)OC(C)(C)C)C1O[Si](C)(C)C(C)(C)C. The Morgan fingerprint density at radius 3 is 2.03 bits per heavy atom. The Labute approximate surface area is 344 Å². The Balaban J connectivity index is 1.59. The molecule has 1 aliphatic carbocycles. The minimum atomic E-state index is -2.32. The molecule has 1 aliphatic heterocycles. The van der Waals surface area contributed by atoms with Crippen LogP contribution in [0.1, 0.15) is 104 Å². The number of rotatable bonds is 9. The molecule has 2 N–H and O–H groups in total. The standard InChI is InChI=1S/C43H62F3N5O5Si2/c1-25-23-51(24-32(50-40(53)54-41(2,3)4)38(25)56-58(13,14)43(8,9)10)37-26-18-21-33(55-57(11,12)42(5,6)7)35(26)47-22-31(37)49-39(52)30-20-19-29(46)36(48-30)34-27(44)16-15-17-28(34)45/h15-17,19-20,22,25,32-33,38H,18,21,23-24H2,1-14H3,(H,49,52)(H,50,53)/t25-,32+,33?,38?/m0/s1. The van der Waals surface area contributed by atoms with E-state index in [0.717, 1.165) is 35.1 Å². The summed E-state index contributed by atoms with van der Waals surface area (Å²) in [4.78, 5) is 38.6. The Hall–Kier alpha value is -3.80. The zero-order valence-corrected chi connectivity index (χ0v) is 38.6. The first-order chi connectivity index (χ1) is 26.6. The number of amides is 2. The van der Waals surface area contributed by atoms with E-state index in [0.29, 0.717) is 31.6 Å². The highest BCUT2D eigenvalue weighted by molar-refractivity contribution is 6.74. The lowest BCUT2D eigenvalue weighted by Gasteiger charge is -2.49. The van der Waals surface area contributed by atoms with E-state index in [-0.39, 0.29) is 33.9 Å². The van der Waals surface area contributed by atoms with E-state index in [1.807, 2.05) is 20.8 Å². The molecular weight excluding hydrogens is 780 g/mol. The lowest BCUT2D eigenvalue weighted by molar-refractivity contribution is 0.0336. The molecule has 10 nitrogen and oxygen atoms in total. The molecule has 0 saturated carbocycles. The summed E-state index contributed by atoms with van der Waals surface area (Å²) >= 11 is 0. The number of piperidine rings is 1. The van der Waals surface area contributed by atoms with Crippen molar-refractivity contribution >= 4 is 40.0 Å². The molecule has 15 heteroatoms. The number of hydrogen-bond donors (Lipinski definition) is 2. The third-order valence-electron chi connectivity index (χ3n) is 12.1. The van der Waals surface area contributed by atoms with Gasteiger partial charge in [-0.15, -0.1) is 0 Å². The summed E-state index contributed by atoms with van der Waals surface area (Å²) in [6.45, 7) is 30.3. The third kappa shape index (κ3) is 9.80. The summed E-state index contributed by atoms with van der Waals surface area (Å²) in [6.07, 6.45) is 1.74. The molecular formula is C43H62F3N5O5Si2. The number of carbonyl (C=O) groups is 2. The van der Waals surface area contributed by atoms with Gasteiger partial charge in [0.2, 0.25) is 0 Å². The minimum Gasteiger partial charge on any atom is -0.444 e. The molecule has 4 atom stereocenters. The molecule has 0 spiro atoms. The van der Waals surface area contributed by atoms with Crippen LogP contribution in [0, 0.1) is 23.4 Å². The van der Waals surface area contributed by atoms with Gasteiger partial charge in [0.1, 0.15) is 34.4 Å². The highest BCUT2D eigenvalue weighted by Gasteiger charge is 2.47. The molecule has 58 heavy (non-hydrogen) atoms. The van der Waals surface area contributed by atoms with Gasteiger partial charge in [0.15, 0.2) is 16.6 Å². The van der Waals surface area contributed by atoms with Crippen LogP contribution in [0.15, 0.2) is 36.5 Å². The van der Waals surface area contributed by atoms with Crippen LogP contribution in [0.2, 0.25) is 36.3 Å². The number of benzene rings is 1. The Morgan fingerprint density at radius 2 is 1.45 bits per heavy atom. The van der Waals surface area contributed by atoms with Gasteiger partial charge in [-0.1, -0.05) is 54.5 Å². The van der Waals surface area contributed by atoms with Crippen LogP contribution in [0.4, 0.5) is 29.3 Å². The zero-order chi connectivity index (χ0) is 43.3. The van der Waals surface area contributed by atoms with E-state index in [4.69, 9.17) is 18.6 Å². The minimum absolute atomic E-state index is 0.0406. The average Bonchev–Trinajstić information content (AvgIpc) is 3.46. The number of fused-ring (bicyclic) bond motifs is 1. The van der Waals surface area contributed by atoms with Gasteiger partial charge in [-0.25, -0.2) is 22.9 Å². The Morgan fingerprint density at radius 1 is 0.845 bits per heavy atom. The summed E-state index contributed by atoms with van der Waals surface area (Å²) < 4.78 is 64.3. The topological polar surface area (TPSA) is 115 Å². The second-order valence-electron chi connectivity index (χ2n) is 19.8. The maximum Gasteiger partial charge on any atom is 0.408 e. The third-order valence-corrected chi connectivity index (χ3v) is 21.0. The maximum atomic E-state index is 15.0. The number of halogens is 3. The molecule has 3 heterocycles. The number of carbonyl (C=O) groups excluding carboxylic acids is 2. The van der Waals surface area contributed by atoms with E-state index < -0.39 is 69.0 Å². The average molecular weight is 842 g/mol. The van der Waals surface area contributed by atoms with E-state index in [9.17, 15) is 18.4 Å². The largest absolute Gasteiger partial charge is 0.444 e. The second-order valence-corrected chi connectivity index (χ2v) is 29.4. The van der Waals surface area contributed by atoms with E-state index in [2.05, 4.69) is 95.2 Å². The summed E-state index contributed by atoms with van der Waals surface area (Å²) in [5.41, 5.74) is 0.536. The number of pyridine rings is 2. The summed E-state index contributed by atoms with van der Waals surface area (Å²) in [5.74, 6) is -3.80. The van der Waals surface area contributed by atoms with Crippen molar-refractivity contribution in [3.8, 4) is 11.3 Å². The lowest BCUT2D eigenvalue weighted by atomic mass is 9.91. The van der Waals surface area contributed by atoms with Gasteiger partial charge in [0.25, 0.3) is 5.91 Å². The van der Waals surface area contributed by atoms with Crippen LogP contribution in [-0.4, -0.2) is 69.4 Å². The number of hydrogen-bond acceptors (Lipinski definition) is 8. The first kappa shape index (κ1) is 45.3. The van der Waals surface area contributed by atoms with E-state index in [1.165, 1.54) is 12.1 Å². The van der Waals surface area contributed by atoms with Crippen LogP contribution in [-0.2, 0) is 20.0 Å². The fourth-order valence-electron chi connectivity index (χ4n) is 7.00. The number of ether oxygens (including phenoxy) is 1. The van der Waals surface area contributed by atoms with Crippen LogP contribution in [0.5, 0.6) is 0 Å². The first-order valence-corrected chi connectivity index (χ1v) is 26.0. The molecule has 2 amide bonds. The van der Waals surface area contributed by atoms with E-state index in [1.54, 1.807) is 6.20 Å².